The molecule has 0 radical (unpaired) electrons. The Morgan fingerprint density at radius 3 is 2.55 bits per heavy atom. The van der Waals surface area contributed by atoms with Gasteiger partial charge in [-0.1, -0.05) is 0 Å². The van der Waals surface area contributed by atoms with E-state index in [1.165, 1.54) is 0 Å². The minimum Gasteiger partial charge on any atom is -0.478 e. The molecule has 0 atom stereocenters. The van der Waals surface area contributed by atoms with E-state index < -0.39 is 5.97 Å². The van der Waals surface area contributed by atoms with Gasteiger partial charge in [0.25, 0.3) is 0 Å². The fourth-order valence-electron chi connectivity index (χ4n) is 2.23. The Labute approximate surface area is 124 Å². The molecule has 1 aliphatic heterocycles. The summed E-state index contributed by atoms with van der Waals surface area (Å²) in [4.78, 5) is 24.6. The summed E-state index contributed by atoms with van der Waals surface area (Å²) < 4.78 is 0. The number of nitrogens with one attached hydrogen (secondary N) is 1. The molecule has 2 N–H and O–H groups in total. The predicted molar refractivity (Wildman–Crippen MR) is 81.0 cm³/mol. The van der Waals surface area contributed by atoms with E-state index in [1.54, 1.807) is 17.0 Å². The Bertz CT molecular complexity index is 517. The van der Waals surface area contributed by atoms with Gasteiger partial charge in [-0.05, 0) is 38.5 Å². The Morgan fingerprint density at radius 1 is 1.35 bits per heavy atom. The van der Waals surface area contributed by atoms with Gasteiger partial charge in [-0.15, -0.1) is 12.4 Å². The number of carboxylic acid groups (broad SMARTS) is 1. The largest absolute Gasteiger partial charge is 0.478 e. The van der Waals surface area contributed by atoms with Crippen molar-refractivity contribution in [2.75, 3.05) is 16.8 Å². The number of carbonyl (C=O) groups excluding carboxylic acids is 1. The van der Waals surface area contributed by atoms with Crippen molar-refractivity contribution in [2.24, 2.45) is 0 Å². The van der Waals surface area contributed by atoms with Crippen LogP contribution in [0.25, 0.3) is 0 Å². The number of rotatable bonds is 4. The zero-order valence-electron chi connectivity index (χ0n) is 11.5. The van der Waals surface area contributed by atoms with E-state index in [4.69, 9.17) is 5.11 Å². The second-order valence-electron chi connectivity index (χ2n) is 5.02. The number of hydrogen-bond acceptors (Lipinski definition) is 3. The first-order valence-corrected chi connectivity index (χ1v) is 6.42. The van der Waals surface area contributed by atoms with E-state index in [9.17, 15) is 9.59 Å². The Balaban J connectivity index is 0.00000200. The van der Waals surface area contributed by atoms with E-state index in [0.717, 1.165) is 12.1 Å². The second-order valence-corrected chi connectivity index (χ2v) is 5.02. The van der Waals surface area contributed by atoms with E-state index in [2.05, 4.69) is 5.32 Å². The fraction of sp³-hybridized carbons (Fsp3) is 0.429. The molecular weight excluding hydrogens is 280 g/mol. The Hall–Kier alpha value is -1.75. The third-order valence-corrected chi connectivity index (χ3v) is 3.01. The predicted octanol–water partition coefficient (Wildman–Crippen LogP) is 2.75. The molecule has 1 heterocycles. The number of hydrogen-bond donors (Lipinski definition) is 2. The SMILES string of the molecule is CC(C)Nc1cc(C(=O)O)cc(N2CCCC2=O)c1.Cl. The first-order chi connectivity index (χ1) is 8.97. The maximum Gasteiger partial charge on any atom is 0.335 e. The van der Waals surface area contributed by atoms with Crippen molar-refractivity contribution in [2.45, 2.75) is 32.7 Å². The van der Waals surface area contributed by atoms with Gasteiger partial charge in [0.2, 0.25) is 5.91 Å². The van der Waals surface area contributed by atoms with Gasteiger partial charge in [0.15, 0.2) is 0 Å². The molecule has 1 fully saturated rings. The highest BCUT2D eigenvalue weighted by molar-refractivity contribution is 5.98. The van der Waals surface area contributed by atoms with Crippen LogP contribution in [0, 0.1) is 0 Å². The van der Waals surface area contributed by atoms with E-state index in [-0.39, 0.29) is 29.9 Å². The van der Waals surface area contributed by atoms with Crippen LogP contribution in [0.4, 0.5) is 11.4 Å². The first kappa shape index (κ1) is 16.3. The second kappa shape index (κ2) is 6.61. The van der Waals surface area contributed by atoms with Gasteiger partial charge in [0.1, 0.15) is 0 Å². The van der Waals surface area contributed by atoms with Crippen molar-refractivity contribution in [1.29, 1.82) is 0 Å². The molecule has 0 unspecified atom stereocenters. The quantitative estimate of drug-likeness (QED) is 0.897. The number of aromatic carboxylic acids is 1. The number of carbonyl (C=O) groups is 2. The van der Waals surface area contributed by atoms with Gasteiger partial charge >= 0.3 is 5.97 Å². The molecule has 20 heavy (non-hydrogen) atoms. The van der Waals surface area contributed by atoms with Gasteiger partial charge < -0.3 is 15.3 Å². The first-order valence-electron chi connectivity index (χ1n) is 6.42. The van der Waals surface area contributed by atoms with Crippen molar-refractivity contribution in [1.82, 2.24) is 0 Å². The molecule has 0 aromatic heterocycles. The normalized spacial score (nSPS) is 14.3. The van der Waals surface area contributed by atoms with Crippen molar-refractivity contribution >= 4 is 35.7 Å². The summed E-state index contributed by atoms with van der Waals surface area (Å²) in [6.45, 7) is 4.62. The van der Waals surface area contributed by atoms with Gasteiger partial charge in [0, 0.05) is 30.4 Å². The van der Waals surface area contributed by atoms with Crippen LogP contribution < -0.4 is 10.2 Å². The third-order valence-electron chi connectivity index (χ3n) is 3.01. The van der Waals surface area contributed by atoms with E-state index >= 15 is 0 Å². The molecule has 0 aliphatic carbocycles. The third kappa shape index (κ3) is 3.63. The number of halogens is 1. The van der Waals surface area contributed by atoms with Crippen molar-refractivity contribution < 1.29 is 14.7 Å². The van der Waals surface area contributed by atoms with Gasteiger partial charge in [-0.2, -0.15) is 0 Å². The average molecular weight is 299 g/mol. The number of carboxylic acids is 1. The maximum atomic E-state index is 11.7. The molecule has 0 saturated carbocycles. The van der Waals surface area contributed by atoms with Crippen molar-refractivity contribution in [3.63, 3.8) is 0 Å². The van der Waals surface area contributed by atoms with Crippen molar-refractivity contribution in [3.8, 4) is 0 Å². The molecule has 1 amide bonds. The molecule has 1 aliphatic rings. The molecule has 6 heteroatoms. The lowest BCUT2D eigenvalue weighted by Crippen LogP contribution is -2.24. The van der Waals surface area contributed by atoms with Crippen LogP contribution in [0.2, 0.25) is 0 Å². The zero-order chi connectivity index (χ0) is 14.0. The van der Waals surface area contributed by atoms with Gasteiger partial charge in [0.05, 0.1) is 5.56 Å². The number of benzene rings is 1. The number of amides is 1. The minimum absolute atomic E-state index is 0. The molecule has 0 bridgehead atoms. The van der Waals surface area contributed by atoms with Crippen LogP contribution in [-0.4, -0.2) is 29.6 Å². The van der Waals surface area contributed by atoms with Crippen molar-refractivity contribution in [3.05, 3.63) is 23.8 Å². The zero-order valence-corrected chi connectivity index (χ0v) is 12.4. The molecule has 1 aromatic rings. The molecule has 5 nitrogen and oxygen atoms in total. The van der Waals surface area contributed by atoms with Crippen LogP contribution >= 0.6 is 12.4 Å². The van der Waals surface area contributed by atoms with Crippen LogP contribution in [0.3, 0.4) is 0 Å². The lowest BCUT2D eigenvalue weighted by Gasteiger charge is -2.19. The smallest absolute Gasteiger partial charge is 0.335 e. The lowest BCUT2D eigenvalue weighted by atomic mass is 10.1. The molecule has 110 valence electrons. The summed E-state index contributed by atoms with van der Waals surface area (Å²) in [5.74, 6) is -0.932. The highest BCUT2D eigenvalue weighted by Gasteiger charge is 2.23. The Kier molecular flexibility index (Phi) is 5.39. The van der Waals surface area contributed by atoms with Gasteiger partial charge in [-0.25, -0.2) is 4.79 Å². The molecule has 2 rings (SSSR count). The monoisotopic (exact) mass is 298 g/mol. The topological polar surface area (TPSA) is 69.6 Å². The van der Waals surface area contributed by atoms with E-state index in [1.807, 2.05) is 19.9 Å². The molecular formula is C14H19ClN2O3. The number of nitrogens with zero attached hydrogens (tertiary/aromatic N) is 1. The maximum absolute atomic E-state index is 11.7. The van der Waals surface area contributed by atoms with Crippen LogP contribution in [0.5, 0.6) is 0 Å². The molecule has 1 saturated heterocycles. The highest BCUT2D eigenvalue weighted by atomic mass is 35.5. The summed E-state index contributed by atoms with van der Waals surface area (Å²) >= 11 is 0. The van der Waals surface area contributed by atoms with Crippen LogP contribution in [0.15, 0.2) is 18.2 Å². The highest BCUT2D eigenvalue weighted by Crippen LogP contribution is 2.26. The fourth-order valence-corrected chi connectivity index (χ4v) is 2.23. The Morgan fingerprint density at radius 2 is 2.05 bits per heavy atom. The summed E-state index contributed by atoms with van der Waals surface area (Å²) in [6.07, 6.45) is 1.35. The average Bonchev–Trinajstić information content (AvgIpc) is 2.74. The molecule has 1 aromatic carbocycles. The summed E-state index contributed by atoms with van der Waals surface area (Å²) in [5, 5.41) is 12.3. The van der Waals surface area contributed by atoms with Crippen LogP contribution in [-0.2, 0) is 4.79 Å². The number of anilines is 2. The van der Waals surface area contributed by atoms with Gasteiger partial charge in [-0.3, -0.25) is 4.79 Å². The van der Waals surface area contributed by atoms with Crippen LogP contribution in [0.1, 0.15) is 37.0 Å². The lowest BCUT2D eigenvalue weighted by molar-refractivity contribution is -0.117. The minimum atomic E-state index is -0.986. The standard InChI is InChI=1S/C14H18N2O3.ClH/c1-9(2)15-11-6-10(14(18)19)7-12(8-11)16-5-3-4-13(16)17;/h6-9,15H,3-5H2,1-2H3,(H,18,19);1H. The summed E-state index contributed by atoms with van der Waals surface area (Å²) in [7, 11) is 0. The van der Waals surface area contributed by atoms with E-state index in [0.29, 0.717) is 18.7 Å². The summed E-state index contributed by atoms with van der Waals surface area (Å²) in [5.41, 5.74) is 1.58. The summed E-state index contributed by atoms with van der Waals surface area (Å²) in [6, 6.07) is 5.17. The molecule has 0 spiro atoms.